The third-order valence-electron chi connectivity index (χ3n) is 3.94. The van der Waals surface area contributed by atoms with Crippen LogP contribution in [-0.4, -0.2) is 35.0 Å². The second kappa shape index (κ2) is 6.06. The minimum absolute atomic E-state index is 0.121. The van der Waals surface area contributed by atoms with Crippen LogP contribution >= 0.6 is 0 Å². The Balaban J connectivity index is 1.97. The number of phenolic OH excluding ortho intramolecular Hbond substituents is 1. The van der Waals surface area contributed by atoms with Crippen LogP contribution in [-0.2, 0) is 11.2 Å². The number of benzene rings is 1. The molecule has 0 saturated carbocycles. The van der Waals surface area contributed by atoms with Crippen molar-refractivity contribution in [1.82, 2.24) is 4.90 Å². The Morgan fingerprint density at radius 2 is 2.32 bits per heavy atom. The van der Waals surface area contributed by atoms with Crippen LogP contribution < -0.4 is 5.73 Å². The molecule has 0 spiro atoms. The fraction of sp³-hybridized carbons (Fsp3) is 0.533. The van der Waals surface area contributed by atoms with Gasteiger partial charge in [-0.1, -0.05) is 25.5 Å². The highest BCUT2D eigenvalue weighted by molar-refractivity contribution is 5.79. The monoisotopic (exact) mass is 262 g/mol. The highest BCUT2D eigenvalue weighted by Gasteiger charge is 2.27. The van der Waals surface area contributed by atoms with E-state index < -0.39 is 0 Å². The van der Waals surface area contributed by atoms with Crippen molar-refractivity contribution >= 4 is 5.91 Å². The molecule has 1 aliphatic rings. The Labute approximate surface area is 114 Å². The van der Waals surface area contributed by atoms with Crippen LogP contribution in [0.1, 0.15) is 25.3 Å². The van der Waals surface area contributed by atoms with Gasteiger partial charge in [0.2, 0.25) is 5.91 Å². The molecule has 1 aromatic rings. The first-order chi connectivity index (χ1) is 9.10. The summed E-state index contributed by atoms with van der Waals surface area (Å²) in [4.78, 5) is 14.2. The van der Waals surface area contributed by atoms with Crippen molar-refractivity contribution in [2.24, 2.45) is 11.7 Å². The molecule has 1 fully saturated rings. The minimum atomic E-state index is 0.121. The van der Waals surface area contributed by atoms with Crippen LogP contribution in [0.15, 0.2) is 24.3 Å². The summed E-state index contributed by atoms with van der Waals surface area (Å²) in [5.74, 6) is 0.732. The van der Waals surface area contributed by atoms with Gasteiger partial charge in [0.15, 0.2) is 0 Å². The molecule has 1 saturated heterocycles. The van der Waals surface area contributed by atoms with Gasteiger partial charge >= 0.3 is 0 Å². The topological polar surface area (TPSA) is 66.6 Å². The second-order valence-electron chi connectivity index (χ2n) is 5.31. The van der Waals surface area contributed by atoms with E-state index >= 15 is 0 Å². The summed E-state index contributed by atoms with van der Waals surface area (Å²) in [6, 6.07) is 7.10. The molecule has 1 heterocycles. The quantitative estimate of drug-likeness (QED) is 0.868. The van der Waals surface area contributed by atoms with Crippen LogP contribution in [0.25, 0.3) is 0 Å². The number of nitrogens with zero attached hydrogens (tertiary/aromatic N) is 1. The lowest BCUT2D eigenvalue weighted by molar-refractivity contribution is -0.132. The number of rotatable bonds is 3. The highest BCUT2D eigenvalue weighted by Crippen LogP contribution is 2.20. The zero-order valence-corrected chi connectivity index (χ0v) is 11.4. The van der Waals surface area contributed by atoms with E-state index in [1.165, 1.54) is 0 Å². The predicted octanol–water partition coefficient (Wildman–Crippen LogP) is 1.52. The van der Waals surface area contributed by atoms with Gasteiger partial charge in [-0.15, -0.1) is 0 Å². The molecule has 104 valence electrons. The predicted molar refractivity (Wildman–Crippen MR) is 74.8 cm³/mol. The fourth-order valence-corrected chi connectivity index (χ4v) is 2.66. The van der Waals surface area contributed by atoms with Crippen LogP contribution in [0, 0.1) is 5.92 Å². The third kappa shape index (κ3) is 3.47. The Morgan fingerprint density at radius 1 is 1.53 bits per heavy atom. The number of carbonyl (C=O) groups excluding carboxylic acids is 1. The summed E-state index contributed by atoms with van der Waals surface area (Å²) in [6.45, 7) is 3.62. The van der Waals surface area contributed by atoms with Gasteiger partial charge in [0, 0.05) is 19.1 Å². The first-order valence-electron chi connectivity index (χ1n) is 6.91. The molecule has 4 heteroatoms. The molecule has 0 aliphatic carbocycles. The van der Waals surface area contributed by atoms with Gasteiger partial charge in [0.05, 0.1) is 6.42 Å². The zero-order chi connectivity index (χ0) is 13.8. The SMILES string of the molecule is CCC1CN(C(=O)Cc2cccc(O)c2)CCC1N. The van der Waals surface area contributed by atoms with E-state index in [9.17, 15) is 9.90 Å². The number of hydrogen-bond acceptors (Lipinski definition) is 3. The van der Waals surface area contributed by atoms with Gasteiger partial charge in [-0.05, 0) is 30.0 Å². The molecule has 4 nitrogen and oxygen atoms in total. The van der Waals surface area contributed by atoms with Crippen LogP contribution in [0.3, 0.4) is 0 Å². The number of piperidine rings is 1. The van der Waals surface area contributed by atoms with Crippen molar-refractivity contribution in [3.05, 3.63) is 29.8 Å². The number of likely N-dealkylation sites (tertiary alicyclic amines) is 1. The minimum Gasteiger partial charge on any atom is -0.508 e. The maximum Gasteiger partial charge on any atom is 0.227 e. The van der Waals surface area contributed by atoms with Crippen LogP contribution in [0.5, 0.6) is 5.75 Å². The molecule has 1 aliphatic heterocycles. The lowest BCUT2D eigenvalue weighted by Gasteiger charge is -2.36. The summed E-state index contributed by atoms with van der Waals surface area (Å²) >= 11 is 0. The third-order valence-corrected chi connectivity index (χ3v) is 3.94. The molecule has 19 heavy (non-hydrogen) atoms. The fourth-order valence-electron chi connectivity index (χ4n) is 2.66. The molecule has 1 aromatic carbocycles. The lowest BCUT2D eigenvalue weighted by atomic mass is 9.90. The van der Waals surface area contributed by atoms with Gasteiger partial charge in [0.1, 0.15) is 5.75 Å². The number of hydrogen-bond donors (Lipinski definition) is 2. The summed E-state index contributed by atoms with van der Waals surface area (Å²) < 4.78 is 0. The van der Waals surface area contributed by atoms with Crippen molar-refractivity contribution in [3.63, 3.8) is 0 Å². The Hall–Kier alpha value is -1.55. The number of carbonyl (C=O) groups is 1. The molecule has 0 aromatic heterocycles. The van der Waals surface area contributed by atoms with E-state index in [2.05, 4.69) is 6.92 Å². The van der Waals surface area contributed by atoms with E-state index in [-0.39, 0.29) is 17.7 Å². The Morgan fingerprint density at radius 3 is 3.00 bits per heavy atom. The second-order valence-corrected chi connectivity index (χ2v) is 5.31. The van der Waals surface area contributed by atoms with Gasteiger partial charge in [0.25, 0.3) is 0 Å². The van der Waals surface area contributed by atoms with Crippen molar-refractivity contribution in [3.8, 4) is 5.75 Å². The van der Waals surface area contributed by atoms with Crippen molar-refractivity contribution in [2.75, 3.05) is 13.1 Å². The molecule has 3 N–H and O–H groups in total. The first kappa shape index (κ1) is 13.9. The Kier molecular flexibility index (Phi) is 4.43. The van der Waals surface area contributed by atoms with E-state index in [4.69, 9.17) is 5.73 Å². The average Bonchev–Trinajstić information content (AvgIpc) is 2.39. The standard InChI is InChI=1S/C15H22N2O2/c1-2-12-10-17(7-6-14(12)16)15(19)9-11-4-3-5-13(18)8-11/h3-5,8,12,14,18H,2,6-7,9-10,16H2,1H3. The molecule has 2 unspecified atom stereocenters. The van der Waals surface area contributed by atoms with E-state index in [0.717, 1.165) is 31.5 Å². The normalized spacial score (nSPS) is 23.4. The van der Waals surface area contributed by atoms with E-state index in [1.54, 1.807) is 18.2 Å². The lowest BCUT2D eigenvalue weighted by Crippen LogP contribution is -2.49. The largest absolute Gasteiger partial charge is 0.508 e. The smallest absolute Gasteiger partial charge is 0.227 e. The average molecular weight is 262 g/mol. The van der Waals surface area contributed by atoms with Gasteiger partial charge in [-0.3, -0.25) is 4.79 Å². The van der Waals surface area contributed by atoms with Gasteiger partial charge < -0.3 is 15.7 Å². The maximum atomic E-state index is 12.3. The van der Waals surface area contributed by atoms with Gasteiger partial charge in [-0.2, -0.15) is 0 Å². The van der Waals surface area contributed by atoms with Crippen molar-refractivity contribution < 1.29 is 9.90 Å². The number of phenols is 1. The van der Waals surface area contributed by atoms with Crippen LogP contribution in [0.4, 0.5) is 0 Å². The highest BCUT2D eigenvalue weighted by atomic mass is 16.3. The molecule has 0 radical (unpaired) electrons. The Bertz CT molecular complexity index is 448. The van der Waals surface area contributed by atoms with Crippen molar-refractivity contribution in [1.29, 1.82) is 0 Å². The van der Waals surface area contributed by atoms with Crippen molar-refractivity contribution in [2.45, 2.75) is 32.2 Å². The summed E-state index contributed by atoms with van der Waals surface area (Å²) in [5, 5.41) is 9.41. The zero-order valence-electron chi connectivity index (χ0n) is 11.4. The number of amides is 1. The van der Waals surface area contributed by atoms with Crippen LogP contribution in [0.2, 0.25) is 0 Å². The molecule has 1 amide bonds. The number of aromatic hydroxyl groups is 1. The first-order valence-corrected chi connectivity index (χ1v) is 6.91. The van der Waals surface area contributed by atoms with E-state index in [0.29, 0.717) is 12.3 Å². The molecular weight excluding hydrogens is 240 g/mol. The molecule has 0 bridgehead atoms. The van der Waals surface area contributed by atoms with E-state index in [1.807, 2.05) is 11.0 Å². The summed E-state index contributed by atoms with van der Waals surface area (Å²) in [6.07, 6.45) is 2.24. The molecule has 2 rings (SSSR count). The number of nitrogens with two attached hydrogens (primary N) is 1. The van der Waals surface area contributed by atoms with Gasteiger partial charge in [-0.25, -0.2) is 0 Å². The summed E-state index contributed by atoms with van der Waals surface area (Å²) in [5.41, 5.74) is 6.91. The summed E-state index contributed by atoms with van der Waals surface area (Å²) in [7, 11) is 0. The molecular formula is C15H22N2O2. The maximum absolute atomic E-state index is 12.3. The molecule has 2 atom stereocenters.